The molecule has 3 heterocycles. The van der Waals surface area contributed by atoms with E-state index in [9.17, 15) is 9.90 Å². The zero-order valence-corrected chi connectivity index (χ0v) is 13.1. The van der Waals surface area contributed by atoms with Gasteiger partial charge in [0.05, 0.1) is 6.10 Å². The van der Waals surface area contributed by atoms with Crippen molar-refractivity contribution >= 4 is 5.91 Å². The predicted molar refractivity (Wildman–Crippen MR) is 86.4 cm³/mol. The van der Waals surface area contributed by atoms with Gasteiger partial charge in [0.2, 0.25) is 5.91 Å². The SMILES string of the molecule is Cc1ccccc1C(O)CNC(=O)/C=C1/CN2CCC1CC2. The third-order valence-corrected chi connectivity index (χ3v) is 4.85. The minimum absolute atomic E-state index is 0.0867. The number of amides is 1. The van der Waals surface area contributed by atoms with Gasteiger partial charge in [0.1, 0.15) is 0 Å². The van der Waals surface area contributed by atoms with Gasteiger partial charge in [-0.25, -0.2) is 0 Å². The smallest absolute Gasteiger partial charge is 0.244 e. The van der Waals surface area contributed by atoms with Crippen molar-refractivity contribution < 1.29 is 9.90 Å². The van der Waals surface area contributed by atoms with Crippen LogP contribution in [0, 0.1) is 12.8 Å². The summed E-state index contributed by atoms with van der Waals surface area (Å²) in [6.45, 7) is 5.47. The number of nitrogens with one attached hydrogen (secondary N) is 1. The van der Waals surface area contributed by atoms with E-state index in [1.54, 1.807) is 6.08 Å². The van der Waals surface area contributed by atoms with Crippen molar-refractivity contribution in [1.29, 1.82) is 0 Å². The number of carbonyl (C=O) groups is 1. The molecule has 0 aromatic heterocycles. The van der Waals surface area contributed by atoms with E-state index >= 15 is 0 Å². The standard InChI is InChI=1S/C18H24N2O2/c1-13-4-2-3-5-16(13)17(21)11-19-18(22)10-15-12-20-8-6-14(15)7-9-20/h2-5,10,14,17,21H,6-9,11-12H2,1H3,(H,19,22)/b15-10-. The summed E-state index contributed by atoms with van der Waals surface area (Å²) in [7, 11) is 0. The first kappa shape index (κ1) is 15.3. The van der Waals surface area contributed by atoms with Crippen LogP contribution >= 0.6 is 0 Å². The minimum atomic E-state index is -0.657. The molecule has 4 heteroatoms. The lowest BCUT2D eigenvalue weighted by Crippen LogP contribution is -2.43. The molecule has 0 saturated carbocycles. The van der Waals surface area contributed by atoms with E-state index in [0.29, 0.717) is 5.92 Å². The van der Waals surface area contributed by atoms with Gasteiger partial charge in [0.15, 0.2) is 0 Å². The summed E-state index contributed by atoms with van der Waals surface area (Å²) in [5, 5.41) is 13.0. The Kier molecular flexibility index (Phi) is 4.60. The molecule has 1 aromatic carbocycles. The Balaban J connectivity index is 1.55. The molecule has 3 fully saturated rings. The second-order valence-electron chi connectivity index (χ2n) is 6.39. The summed E-state index contributed by atoms with van der Waals surface area (Å²) in [5.74, 6) is 0.494. The van der Waals surface area contributed by atoms with E-state index in [4.69, 9.17) is 0 Å². The molecular formula is C18H24N2O2. The van der Waals surface area contributed by atoms with Gasteiger partial charge in [-0.15, -0.1) is 0 Å². The Morgan fingerprint density at radius 3 is 2.77 bits per heavy atom. The first-order valence-corrected chi connectivity index (χ1v) is 8.07. The number of aliphatic hydroxyl groups excluding tert-OH is 1. The second kappa shape index (κ2) is 6.63. The summed E-state index contributed by atoms with van der Waals surface area (Å²) in [4.78, 5) is 14.5. The van der Waals surface area contributed by atoms with Gasteiger partial charge >= 0.3 is 0 Å². The first-order chi connectivity index (χ1) is 10.6. The van der Waals surface area contributed by atoms with Crippen LogP contribution in [0.25, 0.3) is 0 Å². The van der Waals surface area contributed by atoms with Crippen LogP contribution in [0.15, 0.2) is 35.9 Å². The van der Waals surface area contributed by atoms with E-state index in [2.05, 4.69) is 10.2 Å². The fourth-order valence-electron chi connectivity index (χ4n) is 3.50. The van der Waals surface area contributed by atoms with Crippen LogP contribution < -0.4 is 5.32 Å². The topological polar surface area (TPSA) is 52.6 Å². The van der Waals surface area contributed by atoms with Crippen molar-refractivity contribution in [3.8, 4) is 0 Å². The van der Waals surface area contributed by atoms with Gasteiger partial charge in [0, 0.05) is 19.2 Å². The third-order valence-electron chi connectivity index (χ3n) is 4.85. The van der Waals surface area contributed by atoms with Crippen LogP contribution in [-0.4, -0.2) is 42.1 Å². The van der Waals surface area contributed by atoms with Crippen LogP contribution in [-0.2, 0) is 4.79 Å². The Bertz CT molecular complexity index is 574. The predicted octanol–water partition coefficient (Wildman–Crippen LogP) is 1.80. The molecule has 4 nitrogen and oxygen atoms in total. The van der Waals surface area contributed by atoms with Gasteiger partial charge < -0.3 is 10.4 Å². The molecule has 1 amide bonds. The number of aliphatic hydroxyl groups is 1. The molecule has 1 unspecified atom stereocenters. The van der Waals surface area contributed by atoms with E-state index in [0.717, 1.165) is 30.8 Å². The van der Waals surface area contributed by atoms with E-state index < -0.39 is 6.10 Å². The number of benzene rings is 1. The molecular weight excluding hydrogens is 276 g/mol. The summed E-state index contributed by atoms with van der Waals surface area (Å²) < 4.78 is 0. The normalized spacial score (nSPS) is 26.9. The highest BCUT2D eigenvalue weighted by atomic mass is 16.3. The minimum Gasteiger partial charge on any atom is -0.387 e. The van der Waals surface area contributed by atoms with Crippen molar-refractivity contribution in [2.45, 2.75) is 25.9 Å². The highest BCUT2D eigenvalue weighted by molar-refractivity contribution is 5.88. The number of hydrogen-bond acceptors (Lipinski definition) is 3. The largest absolute Gasteiger partial charge is 0.387 e. The quantitative estimate of drug-likeness (QED) is 0.834. The zero-order chi connectivity index (χ0) is 15.5. The Labute approximate surface area is 131 Å². The molecule has 3 aliphatic rings. The maximum Gasteiger partial charge on any atom is 0.244 e. The van der Waals surface area contributed by atoms with E-state index in [-0.39, 0.29) is 12.5 Å². The van der Waals surface area contributed by atoms with Crippen molar-refractivity contribution in [3.63, 3.8) is 0 Å². The molecule has 22 heavy (non-hydrogen) atoms. The molecule has 0 spiro atoms. The maximum absolute atomic E-state index is 12.1. The van der Waals surface area contributed by atoms with Crippen LogP contribution in [0.2, 0.25) is 0 Å². The fraction of sp³-hybridized carbons (Fsp3) is 0.500. The number of fused-ring (bicyclic) bond motifs is 3. The van der Waals surface area contributed by atoms with E-state index in [1.807, 2.05) is 31.2 Å². The van der Waals surface area contributed by atoms with Gasteiger partial charge in [0.25, 0.3) is 0 Å². The number of piperidine rings is 3. The molecule has 2 bridgehead atoms. The molecule has 1 atom stereocenters. The van der Waals surface area contributed by atoms with Crippen molar-refractivity contribution in [2.75, 3.05) is 26.2 Å². The average molecular weight is 300 g/mol. The lowest BCUT2D eigenvalue weighted by molar-refractivity contribution is -0.117. The number of carbonyl (C=O) groups excluding carboxylic acids is 1. The summed E-state index contributed by atoms with van der Waals surface area (Å²) >= 11 is 0. The summed E-state index contributed by atoms with van der Waals surface area (Å²) in [5.41, 5.74) is 3.17. The van der Waals surface area contributed by atoms with Gasteiger partial charge in [-0.1, -0.05) is 24.3 Å². The van der Waals surface area contributed by atoms with Gasteiger partial charge in [-0.05, 0) is 55.5 Å². The van der Waals surface area contributed by atoms with Crippen molar-refractivity contribution in [1.82, 2.24) is 10.2 Å². The molecule has 4 rings (SSSR count). The Morgan fingerprint density at radius 2 is 2.14 bits per heavy atom. The number of rotatable bonds is 4. The molecule has 0 aliphatic carbocycles. The molecule has 0 radical (unpaired) electrons. The highest BCUT2D eigenvalue weighted by Crippen LogP contribution is 2.31. The van der Waals surface area contributed by atoms with Crippen LogP contribution in [0.3, 0.4) is 0 Å². The van der Waals surface area contributed by atoms with Crippen molar-refractivity contribution in [3.05, 3.63) is 47.0 Å². The lowest BCUT2D eigenvalue weighted by Gasteiger charge is -2.40. The summed E-state index contributed by atoms with van der Waals surface area (Å²) in [6, 6.07) is 7.72. The average Bonchev–Trinajstić information content (AvgIpc) is 2.54. The second-order valence-corrected chi connectivity index (χ2v) is 6.39. The van der Waals surface area contributed by atoms with Crippen LogP contribution in [0.1, 0.15) is 30.1 Å². The third kappa shape index (κ3) is 3.39. The Hall–Kier alpha value is -1.65. The Morgan fingerprint density at radius 1 is 1.41 bits per heavy atom. The molecule has 3 aliphatic heterocycles. The molecule has 3 saturated heterocycles. The number of hydrogen-bond donors (Lipinski definition) is 2. The van der Waals surface area contributed by atoms with Crippen LogP contribution in [0.5, 0.6) is 0 Å². The molecule has 2 N–H and O–H groups in total. The molecule has 118 valence electrons. The number of nitrogens with zero attached hydrogens (tertiary/aromatic N) is 1. The fourth-order valence-corrected chi connectivity index (χ4v) is 3.50. The van der Waals surface area contributed by atoms with Crippen molar-refractivity contribution in [2.24, 2.45) is 5.92 Å². The molecule has 1 aromatic rings. The van der Waals surface area contributed by atoms with Gasteiger partial charge in [-0.2, -0.15) is 0 Å². The summed E-state index contributed by atoms with van der Waals surface area (Å²) in [6.07, 6.45) is 3.44. The number of aryl methyl sites for hydroxylation is 1. The van der Waals surface area contributed by atoms with Crippen LogP contribution in [0.4, 0.5) is 0 Å². The first-order valence-electron chi connectivity index (χ1n) is 8.07. The van der Waals surface area contributed by atoms with E-state index in [1.165, 1.54) is 18.4 Å². The highest BCUT2D eigenvalue weighted by Gasteiger charge is 2.29. The zero-order valence-electron chi connectivity index (χ0n) is 13.1. The van der Waals surface area contributed by atoms with Gasteiger partial charge in [-0.3, -0.25) is 9.69 Å². The monoisotopic (exact) mass is 300 g/mol. The lowest BCUT2D eigenvalue weighted by atomic mass is 9.83. The maximum atomic E-state index is 12.1.